The lowest BCUT2D eigenvalue weighted by Gasteiger charge is -2.44. The largest absolute Gasteiger partial charge is 0.378 e. The first-order chi connectivity index (χ1) is 21.0. The second-order valence-electron chi connectivity index (χ2n) is 14.3. The second-order valence-corrected chi connectivity index (χ2v) is 14.3. The first-order valence-electron chi connectivity index (χ1n) is 16.5. The number of fused-ring (bicyclic) bond motifs is 3. The van der Waals surface area contributed by atoms with E-state index in [1.54, 1.807) is 4.90 Å². The third kappa shape index (κ3) is 6.53. The summed E-state index contributed by atoms with van der Waals surface area (Å²) in [6.07, 6.45) is 11.6. The molecule has 4 aliphatic heterocycles. The summed E-state index contributed by atoms with van der Waals surface area (Å²) in [7, 11) is 3.62. The Bertz CT molecular complexity index is 1390. The van der Waals surface area contributed by atoms with E-state index in [4.69, 9.17) is 19.5 Å². The fraction of sp³-hybridized carbons (Fsp3) is 0.727. The van der Waals surface area contributed by atoms with E-state index in [9.17, 15) is 9.90 Å². The van der Waals surface area contributed by atoms with Gasteiger partial charge in [0.2, 0.25) is 6.41 Å². The third-order valence-corrected chi connectivity index (χ3v) is 9.64. The van der Waals surface area contributed by atoms with Crippen molar-refractivity contribution in [1.82, 2.24) is 24.6 Å². The molecule has 1 amide bonds. The van der Waals surface area contributed by atoms with E-state index in [0.29, 0.717) is 31.8 Å². The molecule has 2 bridgehead atoms. The molecule has 3 fully saturated rings. The second kappa shape index (κ2) is 12.7. The Balaban J connectivity index is 1.15. The zero-order chi connectivity index (χ0) is 31.2. The smallest absolute Gasteiger partial charge is 0.270 e. The fourth-order valence-corrected chi connectivity index (χ4v) is 7.56. The third-order valence-electron chi connectivity index (χ3n) is 9.64. The Morgan fingerprint density at radius 1 is 1.18 bits per heavy atom. The van der Waals surface area contributed by atoms with Crippen molar-refractivity contribution in [3.63, 3.8) is 0 Å². The number of aliphatic imine (C=N–C) groups is 1. The minimum absolute atomic E-state index is 0.0302. The van der Waals surface area contributed by atoms with Gasteiger partial charge in [-0.05, 0) is 59.1 Å². The number of hydrogen-bond donors (Lipinski definition) is 2. The summed E-state index contributed by atoms with van der Waals surface area (Å²) >= 11 is 0. The highest BCUT2D eigenvalue weighted by Crippen LogP contribution is 2.31. The van der Waals surface area contributed by atoms with Crippen LogP contribution in [0.5, 0.6) is 0 Å². The van der Waals surface area contributed by atoms with Crippen molar-refractivity contribution >= 4 is 17.8 Å². The van der Waals surface area contributed by atoms with Crippen LogP contribution in [0.3, 0.4) is 0 Å². The summed E-state index contributed by atoms with van der Waals surface area (Å²) in [5, 5.41) is 15.7. The van der Waals surface area contributed by atoms with Crippen molar-refractivity contribution in [1.29, 1.82) is 0 Å². The van der Waals surface area contributed by atoms with Crippen LogP contribution in [0, 0.1) is 0 Å². The lowest BCUT2D eigenvalue weighted by Crippen LogP contribution is -2.59. The first kappa shape index (κ1) is 31.4. The lowest BCUT2D eigenvalue weighted by molar-refractivity contribution is -0.274. The van der Waals surface area contributed by atoms with Crippen molar-refractivity contribution in [2.45, 2.75) is 115 Å². The van der Waals surface area contributed by atoms with Crippen LogP contribution in [-0.4, -0.2) is 119 Å². The van der Waals surface area contributed by atoms with Crippen molar-refractivity contribution in [3.8, 4) is 0 Å². The fourth-order valence-electron chi connectivity index (χ4n) is 7.56. The molecule has 0 aromatic carbocycles. The van der Waals surface area contributed by atoms with Gasteiger partial charge in [0.15, 0.2) is 0 Å². The van der Waals surface area contributed by atoms with Crippen LogP contribution in [0.2, 0.25) is 0 Å². The molecule has 0 radical (unpaired) electrons. The van der Waals surface area contributed by atoms with Crippen LogP contribution in [0.4, 0.5) is 0 Å². The number of nitrogens with zero attached hydrogens (tertiary/aromatic N) is 6. The van der Waals surface area contributed by atoms with Gasteiger partial charge in [-0.3, -0.25) is 14.7 Å². The number of amidine groups is 1. The molecule has 1 aliphatic carbocycles. The van der Waals surface area contributed by atoms with Crippen LogP contribution in [-0.2, 0) is 9.47 Å². The molecule has 6 atom stereocenters. The summed E-state index contributed by atoms with van der Waals surface area (Å²) in [6.45, 7) is 10.8. The molecule has 2 N–H and O–H groups in total. The van der Waals surface area contributed by atoms with E-state index in [-0.39, 0.29) is 30.2 Å². The SMILES string of the molecule is CC1CC2COCC(CN1C1C=CC(NC3CC=c4cc(C(=O)N(C)C)n(C5CCCC5)c4=N3)=NC1)N2C(O)OC(C)(C)C. The summed E-state index contributed by atoms with van der Waals surface area (Å²) in [4.78, 5) is 29.5. The number of rotatable bonds is 6. The molecule has 44 heavy (non-hydrogen) atoms. The molecule has 6 unspecified atom stereocenters. The minimum Gasteiger partial charge on any atom is -0.378 e. The van der Waals surface area contributed by atoms with Gasteiger partial charge in [-0.1, -0.05) is 25.0 Å². The quantitative estimate of drug-likeness (QED) is 0.472. The van der Waals surface area contributed by atoms with Gasteiger partial charge in [0.25, 0.3) is 5.91 Å². The first-order valence-corrected chi connectivity index (χ1v) is 16.5. The van der Waals surface area contributed by atoms with Crippen LogP contribution in [0.25, 0.3) is 6.08 Å². The van der Waals surface area contributed by atoms with E-state index in [1.807, 2.05) is 40.9 Å². The van der Waals surface area contributed by atoms with Gasteiger partial charge in [-0.2, -0.15) is 0 Å². The minimum atomic E-state index is -0.958. The topological polar surface area (TPSA) is 107 Å². The maximum Gasteiger partial charge on any atom is 0.270 e. The lowest BCUT2D eigenvalue weighted by atomic mass is 10.0. The van der Waals surface area contributed by atoms with Crippen LogP contribution >= 0.6 is 0 Å². The molecule has 1 aromatic rings. The van der Waals surface area contributed by atoms with Crippen LogP contribution in [0.15, 0.2) is 28.2 Å². The highest BCUT2D eigenvalue weighted by molar-refractivity contribution is 5.94. The zero-order valence-electron chi connectivity index (χ0n) is 27.3. The highest BCUT2D eigenvalue weighted by Gasteiger charge is 2.44. The summed E-state index contributed by atoms with van der Waals surface area (Å²) < 4.78 is 14.2. The van der Waals surface area contributed by atoms with E-state index in [0.717, 1.165) is 54.5 Å². The van der Waals surface area contributed by atoms with Gasteiger partial charge in [0.05, 0.1) is 31.4 Å². The normalized spacial score (nSPS) is 30.5. The average molecular weight is 610 g/mol. The molecule has 242 valence electrons. The monoisotopic (exact) mass is 609 g/mol. The van der Waals surface area contributed by atoms with Gasteiger partial charge in [-0.25, -0.2) is 9.89 Å². The molecular formula is C33H51N7O4. The average Bonchev–Trinajstić information content (AvgIpc) is 3.61. The van der Waals surface area contributed by atoms with E-state index in [1.165, 1.54) is 12.8 Å². The maximum absolute atomic E-state index is 13.1. The number of hydrogen-bond acceptors (Lipinski definition) is 9. The van der Waals surface area contributed by atoms with Gasteiger partial charge >= 0.3 is 0 Å². The zero-order valence-corrected chi connectivity index (χ0v) is 27.3. The number of aromatic nitrogens is 1. The number of carbonyl (C=O) groups is 1. The van der Waals surface area contributed by atoms with E-state index >= 15 is 0 Å². The van der Waals surface area contributed by atoms with Crippen molar-refractivity contribution in [2.24, 2.45) is 9.98 Å². The molecule has 1 saturated carbocycles. The highest BCUT2D eigenvalue weighted by atomic mass is 16.6. The molecular weight excluding hydrogens is 558 g/mol. The van der Waals surface area contributed by atoms with Crippen molar-refractivity contribution in [3.05, 3.63) is 34.6 Å². The Hall–Kier alpha value is -2.57. The molecule has 5 aliphatic rings. The predicted molar refractivity (Wildman–Crippen MR) is 170 cm³/mol. The number of ether oxygens (including phenoxy) is 2. The van der Waals surface area contributed by atoms with Crippen molar-refractivity contribution < 1.29 is 19.4 Å². The number of amides is 1. The number of morpholine rings is 1. The van der Waals surface area contributed by atoms with Crippen LogP contribution in [0.1, 0.15) is 82.8 Å². The number of aliphatic hydroxyl groups excluding tert-OH is 1. The molecule has 6 rings (SSSR count). The Labute approximate surface area is 261 Å². The van der Waals surface area contributed by atoms with Gasteiger partial charge in [-0.15, -0.1) is 0 Å². The standard InChI is InChI=1S/C33H51N7O4/c1-21-15-25-19-43-20-26(39(25)32(42)44-33(2,3)4)18-38(21)24-12-14-28(34-17-24)35-29-13-11-22-16-27(31(41)37(5)6)40(30(22)36-29)23-9-7-8-10-23/h11-12,14,16,21,23-26,29,32,42H,7-10,13,15,17-20H2,1-6H3,(H,34,35). The molecule has 5 heterocycles. The maximum atomic E-state index is 13.1. The molecule has 0 spiro atoms. The van der Waals surface area contributed by atoms with Gasteiger partial charge in [0.1, 0.15) is 23.2 Å². The molecule has 11 heteroatoms. The van der Waals surface area contributed by atoms with Gasteiger partial charge < -0.3 is 29.4 Å². The Kier molecular flexibility index (Phi) is 9.05. The molecule has 1 aromatic heterocycles. The van der Waals surface area contributed by atoms with E-state index in [2.05, 4.69) is 44.8 Å². The number of aliphatic hydroxyl groups is 1. The van der Waals surface area contributed by atoms with Crippen LogP contribution < -0.4 is 16.0 Å². The number of carbonyl (C=O) groups excluding carboxylic acids is 1. The Morgan fingerprint density at radius 3 is 2.61 bits per heavy atom. The van der Waals surface area contributed by atoms with E-state index < -0.39 is 12.0 Å². The van der Waals surface area contributed by atoms with Crippen molar-refractivity contribution in [2.75, 3.05) is 40.4 Å². The molecule has 2 saturated heterocycles. The number of nitrogens with one attached hydrogen (secondary N) is 1. The summed E-state index contributed by atoms with van der Waals surface area (Å²) in [5.41, 5.74) is 1.21. The van der Waals surface area contributed by atoms with Gasteiger partial charge in [0, 0.05) is 56.4 Å². The molecule has 11 nitrogen and oxygen atoms in total. The number of dihydropyridines is 1. The summed E-state index contributed by atoms with van der Waals surface area (Å²) in [6, 6.07) is 2.95. The predicted octanol–water partition coefficient (Wildman–Crippen LogP) is 1.62. The Morgan fingerprint density at radius 2 is 1.93 bits per heavy atom. The summed E-state index contributed by atoms with van der Waals surface area (Å²) in [5.74, 6) is 0.873.